The summed E-state index contributed by atoms with van der Waals surface area (Å²) in [4.78, 5) is 29.6. The third-order valence-electron chi connectivity index (χ3n) is 4.85. The summed E-state index contributed by atoms with van der Waals surface area (Å²) in [5.41, 5.74) is 0.555. The zero-order valence-corrected chi connectivity index (χ0v) is 19.5. The van der Waals surface area contributed by atoms with Crippen molar-refractivity contribution in [1.82, 2.24) is 4.90 Å². The number of aliphatic imine (C=N–C) groups is 1. The largest absolute Gasteiger partial charge is 0.423 e. The number of rotatable bonds is 4. The summed E-state index contributed by atoms with van der Waals surface area (Å²) in [5.74, 6) is -1.97. The fourth-order valence-electron chi connectivity index (χ4n) is 2.94. The Morgan fingerprint density at radius 3 is 2.41 bits per heavy atom. The Hall–Kier alpha value is -3.64. The summed E-state index contributed by atoms with van der Waals surface area (Å²) in [6.07, 6.45) is 1.39. The van der Waals surface area contributed by atoms with Gasteiger partial charge >= 0.3 is 5.97 Å². The van der Waals surface area contributed by atoms with Crippen LogP contribution in [-0.2, 0) is 14.6 Å². The van der Waals surface area contributed by atoms with Crippen molar-refractivity contribution in [2.75, 3.05) is 0 Å². The Bertz CT molecular complexity index is 1400. The number of amides is 1. The molecule has 0 unspecified atom stereocenters. The molecule has 0 atom stereocenters. The Morgan fingerprint density at radius 1 is 1.15 bits per heavy atom. The van der Waals surface area contributed by atoms with E-state index in [4.69, 9.17) is 10.1 Å². The highest BCUT2D eigenvalue weighted by atomic mass is 32.2. The van der Waals surface area contributed by atoms with Crippen LogP contribution in [0.1, 0.15) is 29.8 Å². The molecule has 34 heavy (non-hydrogen) atoms. The van der Waals surface area contributed by atoms with Crippen LogP contribution in [0.2, 0.25) is 0 Å². The van der Waals surface area contributed by atoms with Gasteiger partial charge in [0.1, 0.15) is 17.4 Å². The van der Waals surface area contributed by atoms with Crippen molar-refractivity contribution in [2.24, 2.45) is 9.39 Å². The Kier molecular flexibility index (Phi) is 6.19. The Morgan fingerprint density at radius 2 is 1.79 bits per heavy atom. The lowest BCUT2D eigenvalue weighted by molar-refractivity contribution is -0.114. The van der Waals surface area contributed by atoms with Gasteiger partial charge in [-0.25, -0.2) is 22.5 Å². The van der Waals surface area contributed by atoms with E-state index >= 15 is 0 Å². The minimum Gasteiger partial charge on any atom is -0.423 e. The first-order chi connectivity index (χ1) is 16.1. The minimum absolute atomic E-state index is 0.00873. The molecule has 2 aromatic rings. The Labute approximate surface area is 198 Å². The van der Waals surface area contributed by atoms with Gasteiger partial charge in [0.05, 0.1) is 28.3 Å². The molecular weight excluding hydrogens is 483 g/mol. The number of fused-ring (bicyclic) bond motifs is 1. The molecule has 0 bridgehead atoms. The number of sulfone groups is 1. The molecule has 1 N–H and O–H groups in total. The molecule has 9 nitrogen and oxygen atoms in total. The zero-order valence-electron chi connectivity index (χ0n) is 17.9. The third kappa shape index (κ3) is 4.41. The molecular formula is C22H17FN4O5S2. The van der Waals surface area contributed by atoms with E-state index in [0.717, 1.165) is 29.0 Å². The SMILES string of the molecule is CC(C)S(=O)(=O)C1=NSC2=NC(=O)/C(=C\c3ccc(OC(=O)c4ccc(F)cc4)cc3)C(=N)N21. The van der Waals surface area contributed by atoms with Crippen molar-refractivity contribution in [2.45, 2.75) is 19.1 Å². The van der Waals surface area contributed by atoms with E-state index in [2.05, 4.69) is 9.39 Å². The van der Waals surface area contributed by atoms with Crippen LogP contribution in [0, 0.1) is 11.2 Å². The average Bonchev–Trinajstić information content (AvgIpc) is 3.22. The van der Waals surface area contributed by atoms with Gasteiger partial charge in [-0.1, -0.05) is 12.1 Å². The fourth-order valence-corrected chi connectivity index (χ4v) is 5.01. The van der Waals surface area contributed by atoms with Crippen LogP contribution in [-0.4, -0.2) is 46.6 Å². The van der Waals surface area contributed by atoms with Crippen LogP contribution in [0.4, 0.5) is 4.39 Å². The smallest absolute Gasteiger partial charge is 0.343 e. The lowest BCUT2D eigenvalue weighted by Gasteiger charge is -2.25. The van der Waals surface area contributed by atoms with Crippen molar-refractivity contribution < 1.29 is 27.1 Å². The summed E-state index contributed by atoms with van der Waals surface area (Å²) in [6, 6.07) is 11.0. The maximum absolute atomic E-state index is 13.0. The second-order valence-corrected chi connectivity index (χ2v) is 10.6. The van der Waals surface area contributed by atoms with E-state index in [9.17, 15) is 22.4 Å². The first-order valence-corrected chi connectivity index (χ1v) is 12.2. The van der Waals surface area contributed by atoms with Crippen LogP contribution >= 0.6 is 11.9 Å². The standard InChI is InChI=1S/C22H17FN4O5S2/c1-12(2)34(30,31)22-26-33-21-25-19(28)17(18(24)27(21)22)11-13-3-9-16(10-4-13)32-20(29)14-5-7-15(23)8-6-14/h3-12,24H,1-2H3/b17-11-,24-18?. The fraction of sp³-hybridized carbons (Fsp3) is 0.136. The van der Waals surface area contributed by atoms with Gasteiger partial charge in [0.15, 0.2) is 0 Å². The molecule has 2 aliphatic heterocycles. The summed E-state index contributed by atoms with van der Waals surface area (Å²) in [5, 5.41) is 7.36. The summed E-state index contributed by atoms with van der Waals surface area (Å²) < 4.78 is 47.4. The maximum Gasteiger partial charge on any atom is 0.343 e. The van der Waals surface area contributed by atoms with Crippen molar-refractivity contribution in [3.05, 3.63) is 71.0 Å². The number of nitrogens with zero attached hydrogens (tertiary/aromatic N) is 3. The molecule has 0 saturated heterocycles. The van der Waals surface area contributed by atoms with Gasteiger partial charge in [-0.3, -0.25) is 10.2 Å². The van der Waals surface area contributed by atoms with E-state index in [0.29, 0.717) is 5.56 Å². The average molecular weight is 501 g/mol. The van der Waals surface area contributed by atoms with Crippen molar-refractivity contribution in [1.29, 1.82) is 5.41 Å². The number of hydrogen-bond donors (Lipinski definition) is 1. The molecule has 0 aliphatic carbocycles. The van der Waals surface area contributed by atoms with Crippen LogP contribution in [0.3, 0.4) is 0 Å². The van der Waals surface area contributed by atoms with Crippen LogP contribution in [0.5, 0.6) is 5.75 Å². The molecule has 174 valence electrons. The molecule has 0 spiro atoms. The molecule has 2 heterocycles. The van der Waals surface area contributed by atoms with Gasteiger partial charge in [-0.15, -0.1) is 0 Å². The molecule has 2 aromatic carbocycles. The van der Waals surface area contributed by atoms with Crippen molar-refractivity contribution in [3.8, 4) is 5.75 Å². The molecule has 0 aromatic heterocycles. The number of carbonyl (C=O) groups is 2. The number of hydrogen-bond acceptors (Lipinski definition) is 8. The van der Waals surface area contributed by atoms with Gasteiger partial charge in [0.25, 0.3) is 5.91 Å². The highest BCUT2D eigenvalue weighted by Gasteiger charge is 2.43. The summed E-state index contributed by atoms with van der Waals surface area (Å²) >= 11 is 0.728. The quantitative estimate of drug-likeness (QED) is 0.295. The predicted octanol–water partition coefficient (Wildman–Crippen LogP) is 3.44. The van der Waals surface area contributed by atoms with Crippen molar-refractivity contribution >= 4 is 55.9 Å². The number of halogens is 1. The molecule has 0 fully saturated rings. The van der Waals surface area contributed by atoms with E-state index in [-0.39, 0.29) is 33.1 Å². The van der Waals surface area contributed by atoms with E-state index in [1.165, 1.54) is 44.2 Å². The van der Waals surface area contributed by atoms with Gasteiger partial charge in [-0.2, -0.15) is 9.39 Å². The van der Waals surface area contributed by atoms with Gasteiger partial charge < -0.3 is 4.74 Å². The van der Waals surface area contributed by atoms with Crippen molar-refractivity contribution in [3.63, 3.8) is 0 Å². The Balaban J connectivity index is 1.55. The van der Waals surface area contributed by atoms with E-state index in [1.54, 1.807) is 12.1 Å². The van der Waals surface area contributed by atoms with Gasteiger partial charge in [0, 0.05) is 0 Å². The third-order valence-corrected chi connectivity index (χ3v) is 7.69. The predicted molar refractivity (Wildman–Crippen MR) is 127 cm³/mol. The highest BCUT2D eigenvalue weighted by Crippen LogP contribution is 2.31. The molecule has 1 amide bonds. The number of ether oxygens (including phenoxy) is 1. The lowest BCUT2D eigenvalue weighted by Crippen LogP contribution is -2.46. The highest BCUT2D eigenvalue weighted by molar-refractivity contribution is 8.16. The number of esters is 1. The number of amidine groups is 3. The maximum atomic E-state index is 13.0. The molecule has 4 rings (SSSR count). The lowest BCUT2D eigenvalue weighted by atomic mass is 10.1. The second kappa shape index (κ2) is 8.95. The zero-order chi connectivity index (χ0) is 24.6. The topological polar surface area (TPSA) is 129 Å². The number of benzene rings is 2. The first kappa shape index (κ1) is 23.5. The molecule has 0 saturated carbocycles. The molecule has 2 aliphatic rings. The summed E-state index contributed by atoms with van der Waals surface area (Å²) in [6.45, 7) is 3.00. The molecule has 0 radical (unpaired) electrons. The molecule has 12 heteroatoms. The normalized spacial score (nSPS) is 17.1. The second-order valence-electron chi connectivity index (χ2n) is 7.47. The van der Waals surface area contributed by atoms with Gasteiger partial charge in [-0.05, 0) is 61.9 Å². The minimum atomic E-state index is -3.81. The first-order valence-electron chi connectivity index (χ1n) is 9.88. The van der Waals surface area contributed by atoms with E-state index < -0.39 is 32.8 Å². The number of carbonyl (C=O) groups excluding carboxylic acids is 2. The number of nitrogens with one attached hydrogen (secondary N) is 1. The van der Waals surface area contributed by atoms with Crippen LogP contribution in [0.25, 0.3) is 6.08 Å². The summed E-state index contributed by atoms with van der Waals surface area (Å²) in [7, 11) is -3.81. The monoisotopic (exact) mass is 500 g/mol. The van der Waals surface area contributed by atoms with Gasteiger partial charge in [0.2, 0.25) is 20.2 Å². The van der Waals surface area contributed by atoms with Crippen LogP contribution < -0.4 is 4.74 Å². The van der Waals surface area contributed by atoms with Crippen LogP contribution in [0.15, 0.2) is 63.5 Å². The van der Waals surface area contributed by atoms with E-state index in [1.807, 2.05) is 0 Å².